The van der Waals surface area contributed by atoms with Crippen molar-refractivity contribution in [3.8, 4) is 18.1 Å². The van der Waals surface area contributed by atoms with Gasteiger partial charge in [0.05, 0.1) is 13.0 Å². The van der Waals surface area contributed by atoms with E-state index in [-0.39, 0.29) is 23.8 Å². The second-order valence-corrected chi connectivity index (χ2v) is 5.98. The van der Waals surface area contributed by atoms with Gasteiger partial charge in [0.1, 0.15) is 23.7 Å². The van der Waals surface area contributed by atoms with Crippen molar-refractivity contribution in [3.05, 3.63) is 52.6 Å². The van der Waals surface area contributed by atoms with Crippen molar-refractivity contribution in [1.29, 1.82) is 0 Å². The molecule has 0 fully saturated rings. The van der Waals surface area contributed by atoms with Crippen molar-refractivity contribution in [2.45, 2.75) is 25.2 Å². The molecule has 0 spiro atoms. The van der Waals surface area contributed by atoms with Crippen LogP contribution in [0.3, 0.4) is 0 Å². The third-order valence-electron chi connectivity index (χ3n) is 4.43. The summed E-state index contributed by atoms with van der Waals surface area (Å²) in [4.78, 5) is 24.9. The number of ether oxygens (including phenoxy) is 3. The van der Waals surface area contributed by atoms with Crippen LogP contribution in [0.1, 0.15) is 30.7 Å². The number of hydrogen-bond acceptors (Lipinski definition) is 6. The minimum atomic E-state index is -0.624. The predicted octanol–water partition coefficient (Wildman–Crippen LogP) is 2.16. The second kappa shape index (κ2) is 7.36. The molecule has 1 aromatic rings. The van der Waals surface area contributed by atoms with Crippen molar-refractivity contribution in [2.24, 2.45) is 5.73 Å². The first-order valence-electron chi connectivity index (χ1n) is 8.25. The summed E-state index contributed by atoms with van der Waals surface area (Å²) in [6, 6.07) is 7.04. The fourth-order valence-electron chi connectivity index (χ4n) is 3.28. The van der Waals surface area contributed by atoms with Crippen LogP contribution in [0, 0.1) is 12.3 Å². The zero-order valence-corrected chi connectivity index (χ0v) is 14.4. The van der Waals surface area contributed by atoms with E-state index in [2.05, 4.69) is 5.92 Å². The summed E-state index contributed by atoms with van der Waals surface area (Å²) in [6.45, 7) is 0.157. The topological polar surface area (TPSA) is 87.8 Å². The quantitative estimate of drug-likeness (QED) is 0.659. The molecule has 0 aromatic heterocycles. The van der Waals surface area contributed by atoms with Gasteiger partial charge in [-0.15, -0.1) is 6.42 Å². The maximum absolute atomic E-state index is 12.6. The zero-order valence-electron chi connectivity index (χ0n) is 14.4. The number of ketones is 1. The highest BCUT2D eigenvalue weighted by Crippen LogP contribution is 2.44. The first-order chi connectivity index (χ1) is 12.6. The van der Waals surface area contributed by atoms with Crippen LogP contribution in [0.5, 0.6) is 5.75 Å². The van der Waals surface area contributed by atoms with Crippen LogP contribution in [-0.4, -0.2) is 25.5 Å². The van der Waals surface area contributed by atoms with Crippen molar-refractivity contribution < 1.29 is 23.8 Å². The molecule has 1 atom stereocenters. The van der Waals surface area contributed by atoms with Crippen LogP contribution in [0.2, 0.25) is 0 Å². The first-order valence-corrected chi connectivity index (χ1v) is 8.25. The van der Waals surface area contributed by atoms with Crippen LogP contribution in [0.4, 0.5) is 0 Å². The number of rotatable bonds is 4. The van der Waals surface area contributed by atoms with Crippen LogP contribution < -0.4 is 10.5 Å². The third-order valence-corrected chi connectivity index (χ3v) is 4.43. The minimum absolute atomic E-state index is 0.0250. The van der Waals surface area contributed by atoms with Gasteiger partial charge >= 0.3 is 5.97 Å². The average molecular weight is 353 g/mol. The highest BCUT2D eigenvalue weighted by molar-refractivity contribution is 6.03. The Kier molecular flexibility index (Phi) is 4.99. The van der Waals surface area contributed by atoms with E-state index in [1.165, 1.54) is 7.11 Å². The normalized spacial score (nSPS) is 19.4. The van der Waals surface area contributed by atoms with Gasteiger partial charge in [-0.2, -0.15) is 0 Å². The van der Waals surface area contributed by atoms with Crippen LogP contribution in [0.25, 0.3) is 0 Å². The van der Waals surface area contributed by atoms with Gasteiger partial charge in [-0.25, -0.2) is 4.79 Å². The highest BCUT2D eigenvalue weighted by atomic mass is 16.5. The monoisotopic (exact) mass is 353 g/mol. The molecule has 1 heterocycles. The summed E-state index contributed by atoms with van der Waals surface area (Å²) in [5, 5.41) is 0. The molecule has 134 valence electrons. The molecule has 0 saturated carbocycles. The van der Waals surface area contributed by atoms with Gasteiger partial charge in [0.15, 0.2) is 5.78 Å². The molecule has 2 aliphatic rings. The molecule has 2 N–H and O–H groups in total. The number of methoxy groups -OCH3 is 1. The van der Waals surface area contributed by atoms with Crippen LogP contribution in [0.15, 0.2) is 47.1 Å². The summed E-state index contributed by atoms with van der Waals surface area (Å²) in [6.07, 6.45) is 6.91. The van der Waals surface area contributed by atoms with E-state index < -0.39 is 11.9 Å². The third kappa shape index (κ3) is 3.16. The smallest absolute Gasteiger partial charge is 0.340 e. The van der Waals surface area contributed by atoms with E-state index in [9.17, 15) is 9.59 Å². The highest BCUT2D eigenvalue weighted by Gasteiger charge is 2.40. The molecule has 1 aliphatic heterocycles. The standard InChI is InChI=1S/C20H19NO5/c1-3-11-25-13-9-7-12(8-10-13)16-17-14(22)5-4-6-15(17)26-19(21)18(16)20(23)24-2/h1,7-10,16H,4-6,11,21H2,2H3/t16-/m1/s1. The molecule has 26 heavy (non-hydrogen) atoms. The second-order valence-electron chi connectivity index (χ2n) is 5.98. The number of esters is 1. The lowest BCUT2D eigenvalue weighted by molar-refractivity contribution is -0.136. The number of benzene rings is 1. The van der Waals surface area contributed by atoms with E-state index in [0.29, 0.717) is 36.3 Å². The van der Waals surface area contributed by atoms with Gasteiger partial charge < -0.3 is 19.9 Å². The number of terminal acetylenes is 1. The lowest BCUT2D eigenvalue weighted by Crippen LogP contribution is -2.31. The number of hydrogen-bond donors (Lipinski definition) is 1. The molecule has 0 radical (unpaired) electrons. The van der Waals surface area contributed by atoms with Gasteiger partial charge in [0, 0.05) is 18.4 Å². The Hall–Kier alpha value is -3.20. The summed E-state index contributed by atoms with van der Waals surface area (Å²) in [7, 11) is 1.27. The first kappa shape index (κ1) is 17.6. The van der Waals surface area contributed by atoms with E-state index in [4.69, 9.17) is 26.4 Å². The Labute approximate surface area is 151 Å². The fourth-order valence-corrected chi connectivity index (χ4v) is 3.28. The van der Waals surface area contributed by atoms with E-state index in [1.807, 2.05) is 0 Å². The van der Waals surface area contributed by atoms with Crippen molar-refractivity contribution in [3.63, 3.8) is 0 Å². The molecule has 1 aliphatic carbocycles. The predicted molar refractivity (Wildman–Crippen MR) is 93.7 cm³/mol. The fraction of sp³-hybridized carbons (Fsp3) is 0.300. The number of nitrogens with two attached hydrogens (primary N) is 1. The van der Waals surface area contributed by atoms with Gasteiger partial charge in [0.25, 0.3) is 0 Å². The van der Waals surface area contributed by atoms with Crippen molar-refractivity contribution in [1.82, 2.24) is 0 Å². The maximum Gasteiger partial charge on any atom is 0.340 e. The number of allylic oxidation sites excluding steroid dienone is 2. The van der Waals surface area contributed by atoms with E-state index in [0.717, 1.165) is 5.56 Å². The van der Waals surface area contributed by atoms with E-state index >= 15 is 0 Å². The zero-order chi connectivity index (χ0) is 18.7. The van der Waals surface area contributed by atoms with Crippen LogP contribution in [-0.2, 0) is 19.1 Å². The Morgan fingerprint density at radius 3 is 2.73 bits per heavy atom. The molecule has 1 aromatic carbocycles. The van der Waals surface area contributed by atoms with Gasteiger partial charge in [0.2, 0.25) is 5.88 Å². The van der Waals surface area contributed by atoms with Crippen molar-refractivity contribution in [2.75, 3.05) is 13.7 Å². The number of carbonyl (C=O) groups is 2. The average Bonchev–Trinajstić information content (AvgIpc) is 2.65. The summed E-state index contributed by atoms with van der Waals surface area (Å²) in [5.41, 5.74) is 7.34. The lowest BCUT2D eigenvalue weighted by atomic mass is 9.77. The lowest BCUT2D eigenvalue weighted by Gasteiger charge is -2.32. The minimum Gasteiger partial charge on any atom is -0.481 e. The Morgan fingerprint density at radius 1 is 1.35 bits per heavy atom. The Bertz CT molecular complexity index is 842. The number of Topliss-reactive ketones (excluding diaryl/α,β-unsaturated/α-hetero) is 1. The largest absolute Gasteiger partial charge is 0.481 e. The summed E-state index contributed by atoms with van der Waals surface area (Å²) >= 11 is 0. The Balaban J connectivity index is 2.07. The van der Waals surface area contributed by atoms with Gasteiger partial charge in [-0.05, 0) is 24.1 Å². The summed E-state index contributed by atoms with van der Waals surface area (Å²) < 4.78 is 15.8. The number of carbonyl (C=O) groups excluding carboxylic acids is 2. The van der Waals surface area contributed by atoms with Crippen LogP contribution >= 0.6 is 0 Å². The van der Waals surface area contributed by atoms with Gasteiger partial charge in [-0.3, -0.25) is 4.79 Å². The van der Waals surface area contributed by atoms with Gasteiger partial charge in [-0.1, -0.05) is 18.1 Å². The molecule has 3 rings (SSSR count). The van der Waals surface area contributed by atoms with Crippen molar-refractivity contribution >= 4 is 11.8 Å². The van der Waals surface area contributed by atoms with E-state index in [1.54, 1.807) is 24.3 Å². The molecule has 6 nitrogen and oxygen atoms in total. The molecular formula is C20H19NO5. The molecule has 0 bridgehead atoms. The Morgan fingerprint density at radius 2 is 2.08 bits per heavy atom. The SMILES string of the molecule is C#CCOc1ccc([C@H]2C(C(=O)OC)=C(N)OC3=C2C(=O)CCC3)cc1. The molecule has 0 saturated heterocycles. The maximum atomic E-state index is 12.6. The molecule has 6 heteroatoms. The summed E-state index contributed by atoms with van der Waals surface area (Å²) in [5.74, 6) is 2.21. The molecule has 0 unspecified atom stereocenters. The molecule has 0 amide bonds. The molecular weight excluding hydrogens is 334 g/mol.